The molecule has 0 amide bonds. The number of nitrogens with zero attached hydrogens (tertiary/aromatic N) is 1. The molecule has 5 nitrogen and oxygen atoms in total. The summed E-state index contributed by atoms with van der Waals surface area (Å²) < 4.78 is 1.52. The molecule has 1 aliphatic carbocycles. The molecule has 0 radical (unpaired) electrons. The zero-order valence-electron chi connectivity index (χ0n) is 15.1. The first-order valence-corrected chi connectivity index (χ1v) is 9.29. The number of fused-ring (bicyclic) bond motifs is 2. The van der Waals surface area contributed by atoms with Crippen molar-refractivity contribution in [1.29, 1.82) is 0 Å². The number of carboxylic acids is 1. The van der Waals surface area contributed by atoms with Crippen LogP contribution in [-0.2, 0) is 13.1 Å². The van der Waals surface area contributed by atoms with Crippen molar-refractivity contribution in [2.75, 3.05) is 0 Å². The van der Waals surface area contributed by atoms with Gasteiger partial charge in [-0.05, 0) is 77.3 Å². The van der Waals surface area contributed by atoms with Crippen LogP contribution in [0, 0.1) is 6.92 Å². The van der Waals surface area contributed by atoms with Gasteiger partial charge in [-0.15, -0.1) is 0 Å². The van der Waals surface area contributed by atoms with Crippen LogP contribution in [0.3, 0.4) is 0 Å². The van der Waals surface area contributed by atoms with Gasteiger partial charge in [-0.1, -0.05) is 12.1 Å². The van der Waals surface area contributed by atoms with Gasteiger partial charge in [0.1, 0.15) is 5.56 Å². The Morgan fingerprint density at radius 2 is 1.93 bits per heavy atom. The van der Waals surface area contributed by atoms with Crippen molar-refractivity contribution in [3.05, 3.63) is 74.7 Å². The summed E-state index contributed by atoms with van der Waals surface area (Å²) in [6.45, 7) is 3.82. The lowest BCUT2D eigenvalue weighted by molar-refractivity contribution is 0.0694. The molecular weight excluding hydrogens is 340 g/mol. The van der Waals surface area contributed by atoms with E-state index in [4.69, 9.17) is 0 Å². The Morgan fingerprint density at radius 1 is 1.15 bits per heavy atom. The van der Waals surface area contributed by atoms with Crippen molar-refractivity contribution in [2.24, 2.45) is 0 Å². The predicted octanol–water partition coefficient (Wildman–Crippen LogP) is 3.45. The van der Waals surface area contributed by atoms with Gasteiger partial charge in [0.25, 0.3) is 5.56 Å². The Bertz CT molecular complexity index is 1170. The van der Waals surface area contributed by atoms with Crippen molar-refractivity contribution in [3.8, 4) is 11.1 Å². The van der Waals surface area contributed by atoms with Crippen LogP contribution in [0.1, 0.15) is 51.4 Å². The fourth-order valence-corrected chi connectivity index (χ4v) is 4.23. The van der Waals surface area contributed by atoms with Crippen LogP contribution in [-0.4, -0.2) is 15.5 Å². The molecule has 1 aromatic carbocycles. The lowest BCUT2D eigenvalue weighted by atomic mass is 9.95. The summed E-state index contributed by atoms with van der Waals surface area (Å²) in [5.74, 6) is -0.818. The van der Waals surface area contributed by atoms with E-state index in [1.165, 1.54) is 15.5 Å². The number of carboxylic acid groups (broad SMARTS) is 1. The molecule has 0 spiro atoms. The molecule has 2 aliphatic rings. The average molecular weight is 360 g/mol. The first-order valence-electron chi connectivity index (χ1n) is 9.29. The quantitative estimate of drug-likeness (QED) is 0.750. The third kappa shape index (κ3) is 2.50. The number of nitrogens with one attached hydrogen (secondary N) is 1. The average Bonchev–Trinajstić information content (AvgIpc) is 3.39. The molecule has 136 valence electrons. The maximum atomic E-state index is 12.7. The third-order valence-corrected chi connectivity index (χ3v) is 5.81. The maximum absolute atomic E-state index is 12.7. The number of aromatic carboxylic acids is 1. The summed E-state index contributed by atoms with van der Waals surface area (Å²) in [5, 5.41) is 12.8. The fraction of sp³-hybridized carbons (Fsp3) is 0.273. The summed E-state index contributed by atoms with van der Waals surface area (Å²) in [7, 11) is 0. The SMILES string of the molecule is Cc1c(-c2ccc3c(c2)CNC3)ccn2c(=O)c(C(=O)O)cc(C3CC3)c12. The van der Waals surface area contributed by atoms with Gasteiger partial charge < -0.3 is 10.4 Å². The summed E-state index contributed by atoms with van der Waals surface area (Å²) in [5.41, 5.74) is 7.13. The van der Waals surface area contributed by atoms with Crippen molar-refractivity contribution in [2.45, 2.75) is 38.8 Å². The molecule has 0 saturated heterocycles. The molecular formula is C22H20N2O3. The lowest BCUT2D eigenvalue weighted by Gasteiger charge is -2.16. The maximum Gasteiger partial charge on any atom is 0.341 e. The summed E-state index contributed by atoms with van der Waals surface area (Å²) >= 11 is 0. The molecule has 0 unspecified atom stereocenters. The number of rotatable bonds is 3. The Hall–Kier alpha value is -2.92. The minimum absolute atomic E-state index is 0.148. The molecule has 27 heavy (non-hydrogen) atoms. The van der Waals surface area contributed by atoms with Gasteiger partial charge in [0, 0.05) is 19.3 Å². The Kier molecular flexibility index (Phi) is 3.49. The zero-order chi connectivity index (χ0) is 18.7. The van der Waals surface area contributed by atoms with Crippen LogP contribution in [0.2, 0.25) is 0 Å². The molecule has 5 heteroatoms. The van der Waals surface area contributed by atoms with Crippen molar-refractivity contribution in [1.82, 2.24) is 9.72 Å². The highest BCUT2D eigenvalue weighted by molar-refractivity contribution is 5.89. The molecule has 3 aromatic rings. The number of hydrogen-bond donors (Lipinski definition) is 2. The molecule has 2 N–H and O–H groups in total. The second-order valence-electron chi connectivity index (χ2n) is 7.56. The highest BCUT2D eigenvalue weighted by Gasteiger charge is 2.29. The van der Waals surface area contributed by atoms with E-state index in [-0.39, 0.29) is 5.56 Å². The zero-order valence-corrected chi connectivity index (χ0v) is 15.1. The Labute approximate surface area is 156 Å². The second-order valence-corrected chi connectivity index (χ2v) is 7.56. The van der Waals surface area contributed by atoms with Gasteiger partial charge in [0.15, 0.2) is 0 Å². The summed E-state index contributed by atoms with van der Waals surface area (Å²) in [6, 6.07) is 10.0. The van der Waals surface area contributed by atoms with E-state index in [1.807, 2.05) is 13.0 Å². The van der Waals surface area contributed by atoms with Gasteiger partial charge in [-0.3, -0.25) is 9.20 Å². The number of aryl methyl sites for hydroxylation is 1. The number of carbonyl (C=O) groups is 1. The van der Waals surface area contributed by atoms with E-state index in [9.17, 15) is 14.7 Å². The van der Waals surface area contributed by atoms with Crippen LogP contribution in [0.15, 0.2) is 41.3 Å². The molecule has 0 bridgehead atoms. The molecule has 0 atom stereocenters. The van der Waals surface area contributed by atoms with Gasteiger partial charge in [0.05, 0.1) is 5.52 Å². The minimum Gasteiger partial charge on any atom is -0.477 e. The number of pyridine rings is 2. The summed E-state index contributed by atoms with van der Waals surface area (Å²) in [4.78, 5) is 24.2. The molecule has 5 rings (SSSR count). The summed E-state index contributed by atoms with van der Waals surface area (Å²) in [6.07, 6.45) is 3.81. The van der Waals surface area contributed by atoms with Gasteiger partial charge in [-0.25, -0.2) is 4.79 Å². The highest BCUT2D eigenvalue weighted by Crippen LogP contribution is 2.43. The first-order chi connectivity index (χ1) is 13.0. The van der Waals surface area contributed by atoms with Gasteiger partial charge in [-0.2, -0.15) is 0 Å². The van der Waals surface area contributed by atoms with E-state index in [2.05, 4.69) is 23.5 Å². The normalized spacial score (nSPS) is 15.9. The van der Waals surface area contributed by atoms with Gasteiger partial charge >= 0.3 is 5.97 Å². The second kappa shape index (κ2) is 5.79. The van der Waals surface area contributed by atoms with E-state index in [1.54, 1.807) is 12.3 Å². The lowest BCUT2D eigenvalue weighted by Crippen LogP contribution is -2.23. The minimum atomic E-state index is -1.16. The molecule has 1 saturated carbocycles. The third-order valence-electron chi connectivity index (χ3n) is 5.81. The van der Waals surface area contributed by atoms with Crippen LogP contribution >= 0.6 is 0 Å². The van der Waals surface area contributed by atoms with E-state index in [0.29, 0.717) is 5.92 Å². The van der Waals surface area contributed by atoms with Crippen LogP contribution in [0.25, 0.3) is 16.6 Å². The van der Waals surface area contributed by atoms with Gasteiger partial charge in [0.2, 0.25) is 0 Å². The van der Waals surface area contributed by atoms with E-state index in [0.717, 1.165) is 53.7 Å². The topological polar surface area (TPSA) is 70.8 Å². The number of hydrogen-bond acceptors (Lipinski definition) is 3. The number of aromatic nitrogens is 1. The van der Waals surface area contributed by atoms with E-state index < -0.39 is 11.5 Å². The standard InChI is InChI=1S/C22H20N2O3/c1-12-17(14-4-5-15-10-23-11-16(15)8-14)6-7-24-20(12)18(13-2-3-13)9-19(21(24)25)22(26)27/h4-9,13,23H,2-3,10-11H2,1H3,(H,26,27). The monoisotopic (exact) mass is 360 g/mol. The van der Waals surface area contributed by atoms with Crippen molar-refractivity contribution < 1.29 is 9.90 Å². The van der Waals surface area contributed by atoms with Crippen molar-refractivity contribution in [3.63, 3.8) is 0 Å². The molecule has 2 aromatic heterocycles. The smallest absolute Gasteiger partial charge is 0.341 e. The largest absolute Gasteiger partial charge is 0.477 e. The highest BCUT2D eigenvalue weighted by atomic mass is 16.4. The van der Waals surface area contributed by atoms with Crippen LogP contribution in [0.4, 0.5) is 0 Å². The Morgan fingerprint density at radius 3 is 2.67 bits per heavy atom. The fourth-order valence-electron chi connectivity index (χ4n) is 4.23. The predicted molar refractivity (Wildman–Crippen MR) is 103 cm³/mol. The first kappa shape index (κ1) is 16.3. The van der Waals surface area contributed by atoms with E-state index >= 15 is 0 Å². The van der Waals surface area contributed by atoms with Crippen LogP contribution in [0.5, 0.6) is 0 Å². The molecule has 1 aliphatic heterocycles. The Balaban J connectivity index is 1.78. The molecule has 1 fully saturated rings. The molecule has 3 heterocycles. The number of benzene rings is 1. The van der Waals surface area contributed by atoms with Crippen molar-refractivity contribution >= 4 is 11.5 Å². The van der Waals surface area contributed by atoms with Crippen LogP contribution < -0.4 is 10.9 Å².